The van der Waals surface area contributed by atoms with Gasteiger partial charge in [0.25, 0.3) is 5.91 Å². The molecule has 0 saturated heterocycles. The lowest BCUT2D eigenvalue weighted by Crippen LogP contribution is -2.25. The molecule has 3 aromatic rings. The Labute approximate surface area is 121 Å². The molecule has 0 spiro atoms. The van der Waals surface area contributed by atoms with Crippen molar-refractivity contribution in [3.8, 4) is 0 Å². The van der Waals surface area contributed by atoms with Crippen molar-refractivity contribution < 1.29 is 4.79 Å². The summed E-state index contributed by atoms with van der Waals surface area (Å²) < 4.78 is 0. The van der Waals surface area contributed by atoms with E-state index in [1.807, 2.05) is 12.1 Å². The van der Waals surface area contributed by atoms with E-state index in [0.29, 0.717) is 17.9 Å². The van der Waals surface area contributed by atoms with Crippen molar-refractivity contribution in [2.24, 2.45) is 0 Å². The minimum absolute atomic E-state index is 0.123. The Morgan fingerprint density at radius 1 is 1.33 bits per heavy atom. The molecular weight excluding hydrogens is 268 g/mol. The third-order valence-electron chi connectivity index (χ3n) is 3.23. The molecule has 0 saturated carbocycles. The molecule has 7 heteroatoms. The molecule has 1 amide bonds. The molecule has 0 atom stereocenters. The van der Waals surface area contributed by atoms with E-state index in [1.165, 1.54) is 6.33 Å². The topological polar surface area (TPSA) is 112 Å². The lowest BCUT2D eigenvalue weighted by Gasteiger charge is -2.02. The minimum Gasteiger partial charge on any atom is -0.399 e. The third kappa shape index (κ3) is 3.02. The maximum absolute atomic E-state index is 12.1. The van der Waals surface area contributed by atoms with Crippen molar-refractivity contribution in [3.63, 3.8) is 0 Å². The van der Waals surface area contributed by atoms with Crippen molar-refractivity contribution in [1.82, 2.24) is 25.5 Å². The molecule has 0 radical (unpaired) electrons. The van der Waals surface area contributed by atoms with Crippen LogP contribution in [0.2, 0.25) is 0 Å². The van der Waals surface area contributed by atoms with Gasteiger partial charge in [0.1, 0.15) is 17.8 Å². The van der Waals surface area contributed by atoms with Crippen LogP contribution in [0, 0.1) is 0 Å². The van der Waals surface area contributed by atoms with E-state index in [-0.39, 0.29) is 5.91 Å². The van der Waals surface area contributed by atoms with Crippen LogP contribution < -0.4 is 11.1 Å². The molecule has 0 bridgehead atoms. The van der Waals surface area contributed by atoms with Crippen LogP contribution >= 0.6 is 0 Å². The number of carbonyl (C=O) groups is 1. The Bertz CT molecular complexity index is 746. The summed E-state index contributed by atoms with van der Waals surface area (Å²) >= 11 is 0. The zero-order valence-electron chi connectivity index (χ0n) is 11.4. The average molecular weight is 284 g/mol. The molecule has 21 heavy (non-hydrogen) atoms. The van der Waals surface area contributed by atoms with E-state index in [1.54, 1.807) is 12.1 Å². The maximum Gasteiger partial charge on any atom is 0.267 e. The molecular formula is C14H16N6O. The smallest absolute Gasteiger partial charge is 0.267 e. The second-order valence-electron chi connectivity index (χ2n) is 4.82. The quantitative estimate of drug-likeness (QED) is 0.417. The molecule has 5 N–H and O–H groups in total. The lowest BCUT2D eigenvalue weighted by atomic mass is 10.2. The number of aromatic nitrogens is 4. The Morgan fingerprint density at radius 3 is 3.05 bits per heavy atom. The van der Waals surface area contributed by atoms with E-state index >= 15 is 0 Å². The van der Waals surface area contributed by atoms with E-state index in [4.69, 9.17) is 5.73 Å². The third-order valence-corrected chi connectivity index (χ3v) is 3.23. The summed E-state index contributed by atoms with van der Waals surface area (Å²) in [7, 11) is 0. The second-order valence-corrected chi connectivity index (χ2v) is 4.82. The fourth-order valence-corrected chi connectivity index (χ4v) is 2.18. The van der Waals surface area contributed by atoms with Gasteiger partial charge in [-0.15, -0.1) is 0 Å². The normalized spacial score (nSPS) is 10.9. The molecule has 3 rings (SSSR count). The number of anilines is 1. The maximum atomic E-state index is 12.1. The van der Waals surface area contributed by atoms with Gasteiger partial charge >= 0.3 is 0 Å². The molecule has 1 aromatic carbocycles. The average Bonchev–Trinajstić information content (AvgIpc) is 3.11. The van der Waals surface area contributed by atoms with Crippen LogP contribution in [0.5, 0.6) is 0 Å². The summed E-state index contributed by atoms with van der Waals surface area (Å²) in [6, 6.07) is 7.31. The number of benzene rings is 1. The summed E-state index contributed by atoms with van der Waals surface area (Å²) in [5, 5.41) is 10.4. The Hall–Kier alpha value is -2.83. The molecule has 0 unspecified atom stereocenters. The van der Waals surface area contributed by atoms with Crippen molar-refractivity contribution >= 4 is 22.5 Å². The van der Waals surface area contributed by atoms with Crippen molar-refractivity contribution in [2.75, 3.05) is 12.3 Å². The summed E-state index contributed by atoms with van der Waals surface area (Å²) in [5.41, 5.74) is 7.84. The monoisotopic (exact) mass is 284 g/mol. The van der Waals surface area contributed by atoms with Crippen LogP contribution in [0.3, 0.4) is 0 Å². The van der Waals surface area contributed by atoms with E-state index in [0.717, 1.165) is 29.6 Å². The van der Waals surface area contributed by atoms with Crippen LogP contribution in [0.15, 0.2) is 30.6 Å². The Balaban J connectivity index is 1.56. The van der Waals surface area contributed by atoms with Gasteiger partial charge in [-0.1, -0.05) is 0 Å². The van der Waals surface area contributed by atoms with Gasteiger partial charge in [-0.25, -0.2) is 4.98 Å². The predicted octanol–water partition coefficient (Wildman–Crippen LogP) is 1.23. The van der Waals surface area contributed by atoms with Crippen LogP contribution in [-0.2, 0) is 6.42 Å². The summed E-state index contributed by atoms with van der Waals surface area (Å²) in [4.78, 5) is 19.2. The highest BCUT2D eigenvalue weighted by Crippen LogP contribution is 2.18. The molecule has 2 aromatic heterocycles. The van der Waals surface area contributed by atoms with Gasteiger partial charge in [0.15, 0.2) is 0 Å². The first-order valence-corrected chi connectivity index (χ1v) is 6.73. The fraction of sp³-hybridized carbons (Fsp3) is 0.214. The number of aryl methyl sites for hydroxylation is 1. The van der Waals surface area contributed by atoms with Gasteiger partial charge in [0.05, 0.1) is 0 Å². The predicted molar refractivity (Wildman–Crippen MR) is 79.7 cm³/mol. The van der Waals surface area contributed by atoms with Crippen LogP contribution in [-0.4, -0.2) is 32.6 Å². The molecule has 108 valence electrons. The Morgan fingerprint density at radius 2 is 2.24 bits per heavy atom. The van der Waals surface area contributed by atoms with Crippen molar-refractivity contribution in [1.29, 1.82) is 0 Å². The molecule has 0 aliphatic heterocycles. The van der Waals surface area contributed by atoms with Gasteiger partial charge in [0, 0.05) is 29.6 Å². The minimum atomic E-state index is -0.123. The van der Waals surface area contributed by atoms with Gasteiger partial charge in [-0.3, -0.25) is 9.89 Å². The standard InChI is InChI=1S/C14H16N6O/c15-10-3-4-11-9(6-10)7-12(19-11)14(21)16-5-1-2-13-17-8-18-20-13/h3-4,6-8,19H,1-2,5,15H2,(H,16,21)(H,17,18,20). The summed E-state index contributed by atoms with van der Waals surface area (Å²) in [6.45, 7) is 0.580. The number of carbonyl (C=O) groups excluding carboxylic acids is 1. The SMILES string of the molecule is Nc1ccc2[nH]c(C(=O)NCCCc3ncn[nH]3)cc2c1. The summed E-state index contributed by atoms with van der Waals surface area (Å²) in [5.74, 6) is 0.702. The number of hydrogen-bond donors (Lipinski definition) is 4. The van der Waals surface area contributed by atoms with Gasteiger partial charge in [-0.05, 0) is 30.7 Å². The van der Waals surface area contributed by atoms with Gasteiger partial charge in [0.2, 0.25) is 0 Å². The van der Waals surface area contributed by atoms with Gasteiger partial charge in [-0.2, -0.15) is 5.10 Å². The van der Waals surface area contributed by atoms with Gasteiger partial charge < -0.3 is 16.0 Å². The van der Waals surface area contributed by atoms with E-state index < -0.39 is 0 Å². The van der Waals surface area contributed by atoms with E-state index in [9.17, 15) is 4.79 Å². The van der Waals surface area contributed by atoms with Crippen LogP contribution in [0.25, 0.3) is 10.9 Å². The van der Waals surface area contributed by atoms with E-state index in [2.05, 4.69) is 25.5 Å². The van der Waals surface area contributed by atoms with Crippen LogP contribution in [0.1, 0.15) is 22.7 Å². The number of H-pyrrole nitrogens is 2. The first-order valence-electron chi connectivity index (χ1n) is 6.73. The number of rotatable bonds is 5. The molecule has 2 heterocycles. The van der Waals surface area contributed by atoms with Crippen LogP contribution in [0.4, 0.5) is 5.69 Å². The fourth-order valence-electron chi connectivity index (χ4n) is 2.18. The number of nitrogens with zero attached hydrogens (tertiary/aromatic N) is 2. The Kier molecular flexibility index (Phi) is 3.55. The largest absolute Gasteiger partial charge is 0.399 e. The lowest BCUT2D eigenvalue weighted by molar-refractivity contribution is 0.0949. The number of aromatic amines is 2. The number of fused-ring (bicyclic) bond motifs is 1. The number of nitrogens with two attached hydrogens (primary N) is 1. The van der Waals surface area contributed by atoms with Crippen molar-refractivity contribution in [2.45, 2.75) is 12.8 Å². The zero-order valence-corrected chi connectivity index (χ0v) is 11.4. The highest BCUT2D eigenvalue weighted by molar-refractivity contribution is 5.98. The number of hydrogen-bond acceptors (Lipinski definition) is 4. The first kappa shape index (κ1) is 13.2. The first-order chi connectivity index (χ1) is 10.2. The highest BCUT2D eigenvalue weighted by atomic mass is 16.1. The molecule has 0 aliphatic carbocycles. The number of amides is 1. The molecule has 0 fully saturated rings. The highest BCUT2D eigenvalue weighted by Gasteiger charge is 2.09. The zero-order chi connectivity index (χ0) is 14.7. The second kappa shape index (κ2) is 5.66. The number of nitrogen functional groups attached to an aromatic ring is 1. The molecule has 0 aliphatic rings. The molecule has 7 nitrogen and oxygen atoms in total. The summed E-state index contributed by atoms with van der Waals surface area (Å²) in [6.07, 6.45) is 3.03. The van der Waals surface area contributed by atoms with Crippen molar-refractivity contribution in [3.05, 3.63) is 42.1 Å². The number of nitrogens with one attached hydrogen (secondary N) is 3.